The van der Waals surface area contributed by atoms with E-state index in [0.29, 0.717) is 17.9 Å². The molecule has 1 unspecified atom stereocenters. The first-order chi connectivity index (χ1) is 18.1. The number of hydrogen-bond acceptors (Lipinski definition) is 5. The first-order valence-corrected chi connectivity index (χ1v) is 14.2. The quantitative estimate of drug-likeness (QED) is 0.269. The lowest BCUT2D eigenvalue weighted by Crippen LogP contribution is -2.24. The zero-order chi connectivity index (χ0) is 26.9. The van der Waals surface area contributed by atoms with Gasteiger partial charge < -0.3 is 9.52 Å². The Labute approximate surface area is 223 Å². The highest BCUT2D eigenvalue weighted by atomic mass is 32.2. The van der Waals surface area contributed by atoms with E-state index in [9.17, 15) is 18.3 Å². The van der Waals surface area contributed by atoms with E-state index in [4.69, 9.17) is 4.42 Å². The first-order valence-electron chi connectivity index (χ1n) is 12.7. The van der Waals surface area contributed by atoms with Gasteiger partial charge in [0.05, 0.1) is 10.5 Å². The number of sulfonamides is 1. The average molecular weight is 530 g/mol. The van der Waals surface area contributed by atoms with Crippen molar-refractivity contribution in [3.63, 3.8) is 0 Å². The molecule has 196 valence electrons. The van der Waals surface area contributed by atoms with E-state index < -0.39 is 27.0 Å². The lowest BCUT2D eigenvalue weighted by Gasteiger charge is -2.25. The molecule has 3 aromatic carbocycles. The van der Waals surface area contributed by atoms with Crippen LogP contribution in [0.15, 0.2) is 105 Å². The molecule has 0 amide bonds. The van der Waals surface area contributed by atoms with Crippen molar-refractivity contribution in [2.45, 2.75) is 49.3 Å². The number of benzene rings is 3. The molecule has 1 heterocycles. The first kappa shape index (κ1) is 25.8. The van der Waals surface area contributed by atoms with Crippen LogP contribution in [0.1, 0.15) is 55.1 Å². The Morgan fingerprint density at radius 1 is 0.947 bits per heavy atom. The SMILES string of the molecule is CC(C)(Cc1ccccc1)c1cc(O)c(C(c2cccc(NS(=O)(=O)c3ccccc3)c2)C2CC2)c(=O)o1. The largest absolute Gasteiger partial charge is 0.507 e. The third-order valence-electron chi connectivity index (χ3n) is 7.08. The van der Waals surface area contributed by atoms with Crippen molar-refractivity contribution in [3.05, 3.63) is 124 Å². The Balaban J connectivity index is 1.47. The fourth-order valence-electron chi connectivity index (χ4n) is 5.02. The molecule has 2 N–H and O–H groups in total. The van der Waals surface area contributed by atoms with Crippen LogP contribution in [0.2, 0.25) is 0 Å². The van der Waals surface area contributed by atoms with E-state index in [-0.39, 0.29) is 22.1 Å². The van der Waals surface area contributed by atoms with Gasteiger partial charge in [-0.3, -0.25) is 4.72 Å². The molecule has 0 spiro atoms. The maximum absolute atomic E-state index is 13.4. The Morgan fingerprint density at radius 2 is 1.61 bits per heavy atom. The highest BCUT2D eigenvalue weighted by molar-refractivity contribution is 7.92. The van der Waals surface area contributed by atoms with Crippen LogP contribution in [0.25, 0.3) is 0 Å². The Hall–Kier alpha value is -3.84. The Bertz CT molecular complexity index is 1590. The molecule has 38 heavy (non-hydrogen) atoms. The topological polar surface area (TPSA) is 96.6 Å². The molecule has 5 rings (SSSR count). The van der Waals surface area contributed by atoms with Gasteiger partial charge in [-0.05, 0) is 60.6 Å². The highest BCUT2D eigenvalue weighted by Gasteiger charge is 2.38. The van der Waals surface area contributed by atoms with E-state index in [1.165, 1.54) is 12.1 Å². The lowest BCUT2D eigenvalue weighted by atomic mass is 9.82. The van der Waals surface area contributed by atoms with Crippen molar-refractivity contribution in [1.29, 1.82) is 0 Å². The summed E-state index contributed by atoms with van der Waals surface area (Å²) < 4.78 is 34.2. The molecule has 1 aliphatic rings. The average Bonchev–Trinajstić information content (AvgIpc) is 3.72. The zero-order valence-corrected chi connectivity index (χ0v) is 22.2. The number of hydrogen-bond donors (Lipinski definition) is 2. The normalized spacial score (nSPS) is 14.7. The highest BCUT2D eigenvalue weighted by Crippen LogP contribution is 2.48. The number of nitrogens with one attached hydrogen (secondary N) is 1. The second-order valence-corrected chi connectivity index (χ2v) is 12.3. The summed E-state index contributed by atoms with van der Waals surface area (Å²) in [7, 11) is -3.77. The van der Waals surface area contributed by atoms with Gasteiger partial charge in [-0.15, -0.1) is 0 Å². The molecule has 0 saturated heterocycles. The lowest BCUT2D eigenvalue weighted by molar-refractivity contribution is 0.337. The Kier molecular flexibility index (Phi) is 6.88. The van der Waals surface area contributed by atoms with E-state index in [2.05, 4.69) is 4.72 Å². The van der Waals surface area contributed by atoms with Gasteiger partial charge in [0.2, 0.25) is 0 Å². The molecule has 1 fully saturated rings. The third-order valence-corrected chi connectivity index (χ3v) is 8.48. The van der Waals surface area contributed by atoms with Crippen molar-refractivity contribution in [1.82, 2.24) is 0 Å². The molecule has 0 bridgehead atoms. The van der Waals surface area contributed by atoms with Gasteiger partial charge >= 0.3 is 5.63 Å². The fraction of sp³-hybridized carbons (Fsp3) is 0.258. The zero-order valence-electron chi connectivity index (χ0n) is 21.4. The minimum Gasteiger partial charge on any atom is -0.507 e. The summed E-state index contributed by atoms with van der Waals surface area (Å²) in [6.07, 6.45) is 2.46. The molecule has 0 radical (unpaired) electrons. The van der Waals surface area contributed by atoms with Crippen LogP contribution in [0, 0.1) is 5.92 Å². The van der Waals surface area contributed by atoms with Crippen LogP contribution in [0.4, 0.5) is 5.69 Å². The molecule has 4 aromatic rings. The van der Waals surface area contributed by atoms with Crippen LogP contribution >= 0.6 is 0 Å². The van der Waals surface area contributed by atoms with Crippen LogP contribution in [-0.4, -0.2) is 13.5 Å². The van der Waals surface area contributed by atoms with Crippen molar-refractivity contribution < 1.29 is 17.9 Å². The summed E-state index contributed by atoms with van der Waals surface area (Å²) in [6.45, 7) is 3.97. The summed E-state index contributed by atoms with van der Waals surface area (Å²) in [5.41, 5.74) is 1.39. The second kappa shape index (κ2) is 10.1. The van der Waals surface area contributed by atoms with Gasteiger partial charge in [-0.25, -0.2) is 13.2 Å². The van der Waals surface area contributed by atoms with Crippen LogP contribution in [-0.2, 0) is 21.9 Å². The molecule has 1 atom stereocenters. The van der Waals surface area contributed by atoms with Crippen molar-refractivity contribution >= 4 is 15.7 Å². The summed E-state index contributed by atoms with van der Waals surface area (Å²) in [5.74, 6) is 0.0859. The molecule has 1 saturated carbocycles. The van der Waals surface area contributed by atoms with E-state index in [1.54, 1.807) is 42.5 Å². The molecule has 1 aromatic heterocycles. The monoisotopic (exact) mass is 529 g/mol. The van der Waals surface area contributed by atoms with Crippen LogP contribution < -0.4 is 10.3 Å². The summed E-state index contributed by atoms with van der Waals surface area (Å²) in [4.78, 5) is 13.5. The van der Waals surface area contributed by atoms with Gasteiger partial charge in [0.15, 0.2) is 0 Å². The van der Waals surface area contributed by atoms with Gasteiger partial charge in [-0.2, -0.15) is 0 Å². The van der Waals surface area contributed by atoms with E-state index in [0.717, 1.165) is 24.0 Å². The molecular weight excluding hydrogens is 498 g/mol. The standard InChI is InChI=1S/C31H31NO5S/c1-31(2,20-21-10-5-3-6-11-21)27-19-26(33)29(30(34)37-27)28(22-16-17-22)23-12-9-13-24(18-23)32-38(35,36)25-14-7-4-8-15-25/h3-15,18-19,22,28,32-33H,16-17,20H2,1-2H3. The van der Waals surface area contributed by atoms with Crippen molar-refractivity contribution in [3.8, 4) is 5.75 Å². The predicted molar refractivity (Wildman–Crippen MR) is 148 cm³/mol. The van der Waals surface area contributed by atoms with E-state index >= 15 is 0 Å². The van der Waals surface area contributed by atoms with Gasteiger partial charge in [0.25, 0.3) is 10.0 Å². The van der Waals surface area contributed by atoms with E-state index in [1.807, 2.05) is 50.2 Å². The minimum atomic E-state index is -3.77. The summed E-state index contributed by atoms with van der Waals surface area (Å²) >= 11 is 0. The fourth-order valence-corrected chi connectivity index (χ4v) is 6.09. The second-order valence-electron chi connectivity index (χ2n) is 10.6. The molecule has 7 heteroatoms. The minimum absolute atomic E-state index is 0.0930. The molecule has 6 nitrogen and oxygen atoms in total. The predicted octanol–water partition coefficient (Wildman–Crippen LogP) is 6.21. The summed E-state index contributed by atoms with van der Waals surface area (Å²) in [6, 6.07) is 26.7. The Morgan fingerprint density at radius 3 is 2.24 bits per heavy atom. The van der Waals surface area contributed by atoms with Crippen LogP contribution in [0.5, 0.6) is 5.75 Å². The van der Waals surface area contributed by atoms with Gasteiger partial charge in [-0.1, -0.05) is 74.5 Å². The van der Waals surface area contributed by atoms with Crippen molar-refractivity contribution in [2.75, 3.05) is 4.72 Å². The molecule has 1 aliphatic carbocycles. The number of anilines is 1. The third kappa shape index (κ3) is 5.53. The molecular formula is C31H31NO5S. The number of aromatic hydroxyl groups is 1. The van der Waals surface area contributed by atoms with Crippen LogP contribution in [0.3, 0.4) is 0 Å². The number of rotatable bonds is 9. The van der Waals surface area contributed by atoms with Gasteiger partial charge in [0.1, 0.15) is 11.5 Å². The summed E-state index contributed by atoms with van der Waals surface area (Å²) in [5, 5.41) is 11.1. The maximum Gasteiger partial charge on any atom is 0.343 e. The smallest absolute Gasteiger partial charge is 0.343 e. The van der Waals surface area contributed by atoms with Crippen molar-refractivity contribution in [2.24, 2.45) is 5.92 Å². The van der Waals surface area contributed by atoms with Gasteiger partial charge in [0, 0.05) is 23.1 Å². The molecule has 0 aliphatic heterocycles. The maximum atomic E-state index is 13.4.